The first-order chi connectivity index (χ1) is 8.72. The van der Waals surface area contributed by atoms with E-state index in [-0.39, 0.29) is 16.4 Å². The van der Waals surface area contributed by atoms with E-state index in [1.165, 1.54) is 0 Å². The number of aromatic carboxylic acids is 1. The molecule has 0 bridgehead atoms. The minimum Gasteiger partial charge on any atom is -0.478 e. The third-order valence-electron chi connectivity index (χ3n) is 2.94. The predicted octanol–water partition coefficient (Wildman–Crippen LogP) is 1.97. The first kappa shape index (κ1) is 14.4. The molecule has 1 aromatic rings. The highest BCUT2D eigenvalue weighted by Crippen LogP contribution is 2.32. The molecular formula is C11H11BrFNO4S. The maximum atomic E-state index is 13.9. The zero-order valence-corrected chi connectivity index (χ0v) is 12.3. The molecule has 1 fully saturated rings. The van der Waals surface area contributed by atoms with E-state index in [0.29, 0.717) is 6.42 Å². The van der Waals surface area contributed by atoms with E-state index in [1.54, 1.807) is 0 Å². The Labute approximate surface area is 118 Å². The number of carbonyl (C=O) groups is 1. The zero-order chi connectivity index (χ0) is 14.4. The quantitative estimate of drug-likeness (QED) is 0.868. The molecule has 0 radical (unpaired) electrons. The molecule has 1 saturated carbocycles. The Kier molecular flexibility index (Phi) is 3.67. The Bertz CT molecular complexity index is 646. The minimum absolute atomic E-state index is 0.190. The van der Waals surface area contributed by atoms with E-state index in [1.807, 2.05) is 6.92 Å². The van der Waals surface area contributed by atoms with Crippen molar-refractivity contribution in [2.75, 3.05) is 0 Å². The van der Waals surface area contributed by atoms with Crippen molar-refractivity contribution in [2.45, 2.75) is 24.3 Å². The first-order valence-electron chi connectivity index (χ1n) is 5.47. The molecule has 2 N–H and O–H groups in total. The van der Waals surface area contributed by atoms with Gasteiger partial charge in [0.2, 0.25) is 10.0 Å². The fourth-order valence-electron chi connectivity index (χ4n) is 1.66. The van der Waals surface area contributed by atoms with Gasteiger partial charge in [-0.15, -0.1) is 0 Å². The average molecular weight is 352 g/mol. The van der Waals surface area contributed by atoms with E-state index in [0.717, 1.165) is 12.1 Å². The van der Waals surface area contributed by atoms with Crippen molar-refractivity contribution < 1.29 is 22.7 Å². The summed E-state index contributed by atoms with van der Waals surface area (Å²) in [5, 5.41) is 8.84. The number of benzene rings is 1. The lowest BCUT2D eigenvalue weighted by Gasteiger charge is -2.09. The molecule has 0 amide bonds. The van der Waals surface area contributed by atoms with Gasteiger partial charge in [-0.1, -0.05) is 22.9 Å². The Morgan fingerprint density at radius 3 is 2.58 bits per heavy atom. The summed E-state index contributed by atoms with van der Waals surface area (Å²) >= 11 is 2.98. The molecule has 5 nitrogen and oxygen atoms in total. The molecule has 2 atom stereocenters. The minimum atomic E-state index is -4.06. The average Bonchev–Trinajstić information content (AvgIpc) is 2.95. The third-order valence-corrected chi connectivity index (χ3v) is 4.89. The van der Waals surface area contributed by atoms with Crippen molar-refractivity contribution in [3.8, 4) is 0 Å². The summed E-state index contributed by atoms with van der Waals surface area (Å²) in [5.74, 6) is -2.56. The highest BCUT2D eigenvalue weighted by Gasteiger charge is 2.37. The molecule has 0 aliphatic heterocycles. The van der Waals surface area contributed by atoms with Crippen molar-refractivity contribution in [1.82, 2.24) is 4.72 Å². The highest BCUT2D eigenvalue weighted by molar-refractivity contribution is 9.10. The summed E-state index contributed by atoms with van der Waals surface area (Å²) in [6.07, 6.45) is 0.695. The van der Waals surface area contributed by atoms with Crippen molar-refractivity contribution in [3.05, 3.63) is 28.0 Å². The number of rotatable bonds is 4. The monoisotopic (exact) mass is 351 g/mol. The summed E-state index contributed by atoms with van der Waals surface area (Å²) in [7, 11) is -4.06. The molecule has 19 heavy (non-hydrogen) atoms. The maximum Gasteiger partial charge on any atom is 0.338 e. The van der Waals surface area contributed by atoms with E-state index >= 15 is 0 Å². The Hall–Kier alpha value is -0.990. The van der Waals surface area contributed by atoms with Crippen LogP contribution in [0.4, 0.5) is 4.39 Å². The lowest BCUT2D eigenvalue weighted by molar-refractivity contribution is 0.0691. The molecule has 0 heterocycles. The molecule has 1 aliphatic rings. The fraction of sp³-hybridized carbons (Fsp3) is 0.364. The highest BCUT2D eigenvalue weighted by atomic mass is 79.9. The van der Waals surface area contributed by atoms with E-state index in [2.05, 4.69) is 20.7 Å². The predicted molar refractivity (Wildman–Crippen MR) is 68.9 cm³/mol. The van der Waals surface area contributed by atoms with Gasteiger partial charge in [0.1, 0.15) is 4.90 Å². The number of carboxylic acid groups (broad SMARTS) is 1. The zero-order valence-electron chi connectivity index (χ0n) is 9.85. The van der Waals surface area contributed by atoms with Gasteiger partial charge in [0.25, 0.3) is 0 Å². The van der Waals surface area contributed by atoms with Crippen LogP contribution >= 0.6 is 15.9 Å². The van der Waals surface area contributed by atoms with Gasteiger partial charge in [-0.3, -0.25) is 0 Å². The normalized spacial score (nSPS) is 22.3. The molecule has 0 spiro atoms. The van der Waals surface area contributed by atoms with E-state index < -0.39 is 32.3 Å². The number of hydrogen-bond donors (Lipinski definition) is 2. The van der Waals surface area contributed by atoms with Crippen molar-refractivity contribution in [3.63, 3.8) is 0 Å². The molecule has 1 aliphatic carbocycles. The van der Waals surface area contributed by atoms with Gasteiger partial charge >= 0.3 is 5.97 Å². The lowest BCUT2D eigenvalue weighted by atomic mass is 10.2. The number of sulfonamides is 1. The molecule has 104 valence electrons. The van der Waals surface area contributed by atoms with Gasteiger partial charge in [-0.25, -0.2) is 22.3 Å². The molecule has 0 aromatic heterocycles. The van der Waals surface area contributed by atoms with Gasteiger partial charge in [0.15, 0.2) is 5.82 Å². The van der Waals surface area contributed by atoms with Crippen molar-refractivity contribution >= 4 is 31.9 Å². The summed E-state index contributed by atoms with van der Waals surface area (Å²) in [5.41, 5.74) is -0.682. The Balaban J connectivity index is 2.46. The second-order valence-corrected chi connectivity index (χ2v) is 7.11. The summed E-state index contributed by atoms with van der Waals surface area (Å²) < 4.78 is 40.5. The van der Waals surface area contributed by atoms with Crippen LogP contribution in [0, 0.1) is 11.7 Å². The van der Waals surface area contributed by atoms with Crippen LogP contribution in [0.15, 0.2) is 21.5 Å². The third kappa shape index (κ3) is 2.96. The van der Waals surface area contributed by atoms with Crippen LogP contribution in [-0.4, -0.2) is 25.5 Å². The number of carboxylic acids is 1. The SMILES string of the molecule is CC1CC1NS(=O)(=O)c1cc(Br)cc(C(=O)O)c1F. The Morgan fingerprint density at radius 1 is 1.53 bits per heavy atom. The lowest BCUT2D eigenvalue weighted by Crippen LogP contribution is -2.28. The standard InChI is InChI=1S/C11H11BrFNO4S/c1-5-2-8(5)14-19(17,18)9-4-6(12)3-7(10(9)13)11(15)16/h3-5,8,14H,2H2,1H3,(H,15,16). The summed E-state index contributed by atoms with van der Waals surface area (Å²) in [4.78, 5) is 10.2. The molecule has 0 saturated heterocycles. The van der Waals surface area contributed by atoms with Crippen LogP contribution < -0.4 is 4.72 Å². The molecule has 8 heteroatoms. The van der Waals surface area contributed by atoms with E-state index in [9.17, 15) is 17.6 Å². The van der Waals surface area contributed by atoms with Gasteiger partial charge in [0, 0.05) is 10.5 Å². The van der Waals surface area contributed by atoms with Crippen molar-refractivity contribution in [1.29, 1.82) is 0 Å². The molecular weight excluding hydrogens is 341 g/mol. The van der Waals surface area contributed by atoms with Crippen LogP contribution in [-0.2, 0) is 10.0 Å². The topological polar surface area (TPSA) is 83.5 Å². The molecule has 2 rings (SSSR count). The van der Waals surface area contributed by atoms with Crippen LogP contribution in [0.2, 0.25) is 0 Å². The fourth-order valence-corrected chi connectivity index (χ4v) is 3.76. The second-order valence-electron chi connectivity index (χ2n) is 4.51. The van der Waals surface area contributed by atoms with E-state index in [4.69, 9.17) is 5.11 Å². The smallest absolute Gasteiger partial charge is 0.338 e. The van der Waals surface area contributed by atoms with Gasteiger partial charge in [-0.2, -0.15) is 0 Å². The maximum absolute atomic E-state index is 13.9. The number of nitrogens with one attached hydrogen (secondary N) is 1. The van der Waals surface area contributed by atoms with Crippen LogP contribution in [0.3, 0.4) is 0 Å². The van der Waals surface area contributed by atoms with Crippen LogP contribution in [0.5, 0.6) is 0 Å². The largest absolute Gasteiger partial charge is 0.478 e. The molecule has 2 unspecified atom stereocenters. The Morgan fingerprint density at radius 2 is 2.11 bits per heavy atom. The number of hydrogen-bond acceptors (Lipinski definition) is 3. The van der Waals surface area contributed by atoms with Crippen LogP contribution in [0.1, 0.15) is 23.7 Å². The van der Waals surface area contributed by atoms with Gasteiger partial charge in [-0.05, 0) is 24.5 Å². The first-order valence-corrected chi connectivity index (χ1v) is 7.74. The van der Waals surface area contributed by atoms with Gasteiger partial charge < -0.3 is 5.11 Å². The summed E-state index contributed by atoms with van der Waals surface area (Å²) in [6, 6.07) is 1.87. The molecule has 1 aromatic carbocycles. The van der Waals surface area contributed by atoms with Crippen LogP contribution in [0.25, 0.3) is 0 Å². The van der Waals surface area contributed by atoms with Gasteiger partial charge in [0.05, 0.1) is 5.56 Å². The summed E-state index contributed by atoms with van der Waals surface area (Å²) in [6.45, 7) is 1.87. The second kappa shape index (κ2) is 4.84. The van der Waals surface area contributed by atoms with Crippen molar-refractivity contribution in [2.24, 2.45) is 5.92 Å². The number of halogens is 2.